The molecule has 0 aromatic heterocycles. The predicted octanol–water partition coefficient (Wildman–Crippen LogP) is 3.21. The molecule has 0 aliphatic heterocycles. The summed E-state index contributed by atoms with van der Waals surface area (Å²) >= 11 is 0. The first-order chi connectivity index (χ1) is 12.0. The molecule has 0 heterocycles. The van der Waals surface area contributed by atoms with Gasteiger partial charge in [0.15, 0.2) is 11.5 Å². The van der Waals surface area contributed by atoms with Crippen molar-refractivity contribution in [3.05, 3.63) is 66.3 Å². The highest BCUT2D eigenvalue weighted by atomic mass is 16.5. The van der Waals surface area contributed by atoms with Crippen LogP contribution in [0.4, 0.5) is 5.69 Å². The first-order valence-corrected chi connectivity index (χ1v) is 7.32. The van der Waals surface area contributed by atoms with Crippen LogP contribution in [0, 0.1) is 11.3 Å². The van der Waals surface area contributed by atoms with E-state index in [-0.39, 0.29) is 17.1 Å². The van der Waals surface area contributed by atoms with Crippen LogP contribution in [0.2, 0.25) is 0 Å². The fraction of sp³-hybridized carbons (Fsp3) is 0.0526. The van der Waals surface area contributed by atoms with Gasteiger partial charge < -0.3 is 20.3 Å². The van der Waals surface area contributed by atoms with E-state index in [2.05, 4.69) is 11.9 Å². The lowest BCUT2D eigenvalue weighted by Gasteiger charge is -2.07. The summed E-state index contributed by atoms with van der Waals surface area (Å²) in [6.45, 7) is 3.94. The van der Waals surface area contributed by atoms with Crippen LogP contribution in [0.15, 0.2) is 60.7 Å². The number of benzene rings is 2. The molecule has 2 aromatic rings. The van der Waals surface area contributed by atoms with Crippen molar-refractivity contribution in [3.63, 3.8) is 0 Å². The number of phenols is 2. The molecule has 2 aromatic carbocycles. The standard InChI is InChI=1S/C19H16N2O4/c1-2-9-25-16-6-4-15(5-7-16)21-19(24)14(12-20)10-13-3-8-17(22)18(23)11-13/h2-8,10-11,22-23H,1,9H2,(H,21,24)/b14-10+. The molecule has 6 nitrogen and oxygen atoms in total. The maximum atomic E-state index is 12.2. The Morgan fingerprint density at radius 3 is 2.52 bits per heavy atom. The number of phenolic OH excluding ortho intramolecular Hbond substituents is 2. The van der Waals surface area contributed by atoms with Crippen LogP contribution in [0.1, 0.15) is 5.56 Å². The normalized spacial score (nSPS) is 10.6. The van der Waals surface area contributed by atoms with Crippen molar-refractivity contribution in [1.29, 1.82) is 5.26 Å². The molecule has 3 N–H and O–H groups in total. The maximum Gasteiger partial charge on any atom is 0.266 e. The Hall–Kier alpha value is -3.72. The van der Waals surface area contributed by atoms with Crippen LogP contribution in [-0.2, 0) is 4.79 Å². The molecule has 0 fully saturated rings. The lowest BCUT2D eigenvalue weighted by molar-refractivity contribution is -0.112. The van der Waals surface area contributed by atoms with Crippen molar-refractivity contribution in [2.24, 2.45) is 0 Å². The minimum Gasteiger partial charge on any atom is -0.504 e. The second-order valence-corrected chi connectivity index (χ2v) is 5.00. The monoisotopic (exact) mass is 336 g/mol. The van der Waals surface area contributed by atoms with Crippen LogP contribution in [0.5, 0.6) is 17.2 Å². The van der Waals surface area contributed by atoms with Crippen LogP contribution in [0.25, 0.3) is 6.08 Å². The highest BCUT2D eigenvalue weighted by Gasteiger charge is 2.10. The molecule has 0 unspecified atom stereocenters. The summed E-state index contributed by atoms with van der Waals surface area (Å²) in [7, 11) is 0. The molecule has 6 heteroatoms. The lowest BCUT2D eigenvalue weighted by atomic mass is 10.1. The van der Waals surface area contributed by atoms with Crippen molar-refractivity contribution >= 4 is 17.7 Å². The molecule has 0 radical (unpaired) electrons. The van der Waals surface area contributed by atoms with Crippen molar-refractivity contribution in [3.8, 4) is 23.3 Å². The Morgan fingerprint density at radius 2 is 1.92 bits per heavy atom. The molecule has 2 rings (SSSR count). The van der Waals surface area contributed by atoms with Crippen LogP contribution >= 0.6 is 0 Å². The molecule has 0 aliphatic rings. The van der Waals surface area contributed by atoms with E-state index in [9.17, 15) is 20.3 Å². The number of carbonyl (C=O) groups excluding carboxylic acids is 1. The quantitative estimate of drug-likeness (QED) is 0.325. The van der Waals surface area contributed by atoms with E-state index < -0.39 is 5.91 Å². The summed E-state index contributed by atoms with van der Waals surface area (Å²) in [5.74, 6) is -0.566. The van der Waals surface area contributed by atoms with E-state index in [0.717, 1.165) is 0 Å². The number of hydrogen-bond acceptors (Lipinski definition) is 5. The van der Waals surface area contributed by atoms with Crippen LogP contribution in [0.3, 0.4) is 0 Å². The van der Waals surface area contributed by atoms with Gasteiger partial charge in [-0.2, -0.15) is 5.26 Å². The molecular formula is C19H16N2O4. The fourth-order valence-electron chi connectivity index (χ4n) is 1.93. The molecule has 0 spiro atoms. The summed E-state index contributed by atoms with van der Waals surface area (Å²) in [6, 6.07) is 12.5. The summed E-state index contributed by atoms with van der Waals surface area (Å²) < 4.78 is 5.35. The Morgan fingerprint density at radius 1 is 1.20 bits per heavy atom. The second kappa shape index (κ2) is 8.22. The Balaban J connectivity index is 2.11. The van der Waals surface area contributed by atoms with Gasteiger partial charge in [0.25, 0.3) is 5.91 Å². The zero-order chi connectivity index (χ0) is 18.2. The van der Waals surface area contributed by atoms with Crippen molar-refractivity contribution in [2.45, 2.75) is 0 Å². The summed E-state index contributed by atoms with van der Waals surface area (Å²) in [5, 5.41) is 30.5. The highest BCUT2D eigenvalue weighted by molar-refractivity contribution is 6.09. The maximum absolute atomic E-state index is 12.2. The number of nitrogens with one attached hydrogen (secondary N) is 1. The molecule has 0 saturated heterocycles. The third kappa shape index (κ3) is 4.88. The van der Waals surface area contributed by atoms with Crippen LogP contribution in [-0.4, -0.2) is 22.7 Å². The molecular weight excluding hydrogens is 320 g/mol. The zero-order valence-corrected chi connectivity index (χ0v) is 13.3. The van der Waals surface area contributed by atoms with Gasteiger partial charge in [0.1, 0.15) is 24.0 Å². The van der Waals surface area contributed by atoms with E-state index in [4.69, 9.17) is 4.74 Å². The number of rotatable bonds is 6. The molecule has 0 saturated carbocycles. The van der Waals surface area contributed by atoms with Gasteiger partial charge in [-0.1, -0.05) is 18.7 Å². The number of hydrogen-bond donors (Lipinski definition) is 3. The van der Waals surface area contributed by atoms with Gasteiger partial charge >= 0.3 is 0 Å². The smallest absolute Gasteiger partial charge is 0.266 e. The topological polar surface area (TPSA) is 103 Å². The Labute approximate surface area is 144 Å². The van der Waals surface area contributed by atoms with Gasteiger partial charge in [-0.15, -0.1) is 0 Å². The van der Waals surface area contributed by atoms with Crippen molar-refractivity contribution in [2.75, 3.05) is 11.9 Å². The van der Waals surface area contributed by atoms with Gasteiger partial charge in [-0.05, 0) is 48.0 Å². The molecule has 0 bridgehead atoms. The van der Waals surface area contributed by atoms with E-state index in [1.165, 1.54) is 24.3 Å². The minimum atomic E-state index is -0.588. The summed E-state index contributed by atoms with van der Waals surface area (Å²) in [6.07, 6.45) is 2.94. The number of anilines is 1. The van der Waals surface area contributed by atoms with Gasteiger partial charge in [0.2, 0.25) is 0 Å². The number of amides is 1. The van der Waals surface area contributed by atoms with Crippen molar-refractivity contribution in [1.82, 2.24) is 0 Å². The number of aromatic hydroxyl groups is 2. The second-order valence-electron chi connectivity index (χ2n) is 5.00. The van der Waals surface area contributed by atoms with Gasteiger partial charge in [-0.3, -0.25) is 4.79 Å². The number of ether oxygens (including phenoxy) is 1. The first kappa shape index (κ1) is 17.6. The van der Waals surface area contributed by atoms with Gasteiger partial charge in [0.05, 0.1) is 0 Å². The zero-order valence-electron chi connectivity index (χ0n) is 13.3. The SMILES string of the molecule is C=CCOc1ccc(NC(=O)/C(C#N)=C/c2ccc(O)c(O)c2)cc1. The number of carbonyl (C=O) groups is 1. The number of nitriles is 1. The highest BCUT2D eigenvalue weighted by Crippen LogP contribution is 2.26. The third-order valence-electron chi connectivity index (χ3n) is 3.16. The summed E-state index contributed by atoms with van der Waals surface area (Å²) in [4.78, 5) is 12.2. The molecule has 1 amide bonds. The summed E-state index contributed by atoms with van der Waals surface area (Å²) in [5.41, 5.74) is 0.776. The third-order valence-corrected chi connectivity index (χ3v) is 3.16. The van der Waals surface area contributed by atoms with Crippen molar-refractivity contribution < 1.29 is 19.7 Å². The number of nitrogens with zero attached hydrogens (tertiary/aromatic N) is 1. The average Bonchev–Trinajstić information content (AvgIpc) is 2.62. The first-order valence-electron chi connectivity index (χ1n) is 7.32. The van der Waals surface area contributed by atoms with E-state index in [1.54, 1.807) is 30.3 Å². The fourth-order valence-corrected chi connectivity index (χ4v) is 1.93. The Bertz CT molecular complexity index is 849. The molecule has 25 heavy (non-hydrogen) atoms. The average molecular weight is 336 g/mol. The minimum absolute atomic E-state index is 0.142. The van der Waals surface area contributed by atoms with E-state index >= 15 is 0 Å². The predicted molar refractivity (Wildman–Crippen MR) is 94.1 cm³/mol. The lowest BCUT2D eigenvalue weighted by Crippen LogP contribution is -2.13. The Kier molecular flexibility index (Phi) is 5.80. The largest absolute Gasteiger partial charge is 0.504 e. The van der Waals surface area contributed by atoms with E-state index in [1.807, 2.05) is 6.07 Å². The van der Waals surface area contributed by atoms with Gasteiger partial charge in [-0.25, -0.2) is 0 Å². The van der Waals surface area contributed by atoms with E-state index in [0.29, 0.717) is 23.6 Å². The molecule has 126 valence electrons. The van der Waals surface area contributed by atoms with Crippen LogP contribution < -0.4 is 10.1 Å². The molecule has 0 atom stereocenters. The van der Waals surface area contributed by atoms with Gasteiger partial charge in [0, 0.05) is 5.69 Å². The molecule has 0 aliphatic carbocycles.